The second-order valence-corrected chi connectivity index (χ2v) is 8.58. The third kappa shape index (κ3) is 4.62. The first-order valence-corrected chi connectivity index (χ1v) is 10.6. The Balaban J connectivity index is 1.74. The average molecular weight is 442 g/mol. The van der Waals surface area contributed by atoms with E-state index in [0.29, 0.717) is 32.3 Å². The summed E-state index contributed by atoms with van der Waals surface area (Å²) in [6, 6.07) is 4.78. The van der Waals surface area contributed by atoms with Crippen LogP contribution in [-0.2, 0) is 22.4 Å². The van der Waals surface area contributed by atoms with Crippen LogP contribution in [0.25, 0.3) is 0 Å². The lowest BCUT2D eigenvalue weighted by Gasteiger charge is -2.20. The highest BCUT2D eigenvalue weighted by molar-refractivity contribution is 7.17. The molecule has 0 saturated heterocycles. The lowest BCUT2D eigenvalue weighted by Crippen LogP contribution is -2.21. The Bertz CT molecular complexity index is 897. The monoisotopic (exact) mass is 441 g/mol. The maximum Gasteiger partial charge on any atom is 0.341 e. The molecule has 0 saturated carbocycles. The number of benzene rings is 1. The Morgan fingerprint density at radius 3 is 2.79 bits per heavy atom. The molecule has 1 aromatic carbocycles. The molecule has 1 aromatic heterocycles. The van der Waals surface area contributed by atoms with Gasteiger partial charge in [-0.15, -0.1) is 11.3 Å². The molecule has 0 spiro atoms. The van der Waals surface area contributed by atoms with Crippen LogP contribution in [0.2, 0.25) is 10.0 Å². The van der Waals surface area contributed by atoms with Crippen molar-refractivity contribution in [1.82, 2.24) is 0 Å². The first kappa shape index (κ1) is 21.0. The number of nitrogens with one attached hydrogen (secondary N) is 1. The minimum absolute atomic E-state index is 0.234. The van der Waals surface area contributed by atoms with E-state index in [1.165, 1.54) is 18.4 Å². The van der Waals surface area contributed by atoms with E-state index < -0.39 is 5.97 Å². The smallest absolute Gasteiger partial charge is 0.341 e. The van der Waals surface area contributed by atoms with Gasteiger partial charge in [0.2, 0.25) is 0 Å². The molecule has 1 unspecified atom stereocenters. The van der Waals surface area contributed by atoms with E-state index in [9.17, 15) is 9.59 Å². The molecule has 0 radical (unpaired) electrons. The molecular formula is C20H21Cl2NO4S. The molecule has 1 heterocycles. The van der Waals surface area contributed by atoms with Crippen molar-refractivity contribution >= 4 is 51.4 Å². The Morgan fingerprint density at radius 1 is 1.32 bits per heavy atom. The summed E-state index contributed by atoms with van der Waals surface area (Å²) in [4.78, 5) is 25.9. The number of esters is 1. The van der Waals surface area contributed by atoms with Crippen molar-refractivity contribution < 1.29 is 19.1 Å². The van der Waals surface area contributed by atoms with Crippen LogP contribution in [0.5, 0.6) is 5.75 Å². The highest BCUT2D eigenvalue weighted by atomic mass is 35.5. The van der Waals surface area contributed by atoms with Gasteiger partial charge in [-0.05, 0) is 48.9 Å². The molecule has 0 aliphatic heterocycles. The van der Waals surface area contributed by atoms with E-state index >= 15 is 0 Å². The molecule has 3 rings (SSSR count). The van der Waals surface area contributed by atoms with Crippen LogP contribution in [0.4, 0.5) is 5.00 Å². The second kappa shape index (κ2) is 9.16. The van der Waals surface area contributed by atoms with Crippen molar-refractivity contribution in [1.29, 1.82) is 0 Å². The first-order chi connectivity index (χ1) is 13.4. The summed E-state index contributed by atoms with van der Waals surface area (Å²) < 4.78 is 10.4. The number of rotatable bonds is 6. The topological polar surface area (TPSA) is 64.6 Å². The zero-order chi connectivity index (χ0) is 20.3. The van der Waals surface area contributed by atoms with E-state index in [4.69, 9.17) is 32.7 Å². The molecule has 1 atom stereocenters. The zero-order valence-corrected chi connectivity index (χ0v) is 18.0. The van der Waals surface area contributed by atoms with Gasteiger partial charge in [0.15, 0.2) is 6.61 Å². The van der Waals surface area contributed by atoms with E-state index in [1.54, 1.807) is 18.2 Å². The lowest BCUT2D eigenvalue weighted by molar-refractivity contribution is -0.118. The fourth-order valence-electron chi connectivity index (χ4n) is 3.31. The molecule has 0 bridgehead atoms. The molecule has 0 fully saturated rings. The Morgan fingerprint density at radius 2 is 2.11 bits per heavy atom. The molecule has 2 aromatic rings. The Labute approximate surface area is 177 Å². The summed E-state index contributed by atoms with van der Waals surface area (Å²) in [6.45, 7) is 1.94. The molecular weight excluding hydrogens is 421 g/mol. The number of thiophene rings is 1. The van der Waals surface area contributed by atoms with Crippen molar-refractivity contribution in [2.24, 2.45) is 5.92 Å². The first-order valence-electron chi connectivity index (χ1n) is 9.03. The summed E-state index contributed by atoms with van der Waals surface area (Å²) in [6.07, 6.45) is 3.88. The van der Waals surface area contributed by atoms with Crippen molar-refractivity contribution in [3.63, 3.8) is 0 Å². The van der Waals surface area contributed by atoms with Gasteiger partial charge in [-0.3, -0.25) is 4.79 Å². The molecule has 1 aliphatic carbocycles. The predicted molar refractivity (Wildman–Crippen MR) is 112 cm³/mol. The van der Waals surface area contributed by atoms with Crippen LogP contribution < -0.4 is 10.1 Å². The highest BCUT2D eigenvalue weighted by Gasteiger charge is 2.29. The number of carbonyl (C=O) groups is 2. The van der Waals surface area contributed by atoms with Gasteiger partial charge in [0, 0.05) is 9.90 Å². The minimum atomic E-state index is -0.426. The van der Waals surface area contributed by atoms with Crippen molar-refractivity contribution in [3.8, 4) is 5.75 Å². The molecule has 1 amide bonds. The number of methoxy groups -OCH3 is 1. The zero-order valence-electron chi connectivity index (χ0n) is 15.6. The van der Waals surface area contributed by atoms with Gasteiger partial charge in [-0.25, -0.2) is 4.79 Å². The van der Waals surface area contributed by atoms with Crippen LogP contribution in [0.1, 0.15) is 40.6 Å². The van der Waals surface area contributed by atoms with Gasteiger partial charge >= 0.3 is 5.97 Å². The minimum Gasteiger partial charge on any atom is -0.482 e. The number of hydrogen-bond acceptors (Lipinski definition) is 5. The predicted octanol–water partition coefficient (Wildman–Crippen LogP) is 5.37. The number of amides is 1. The van der Waals surface area contributed by atoms with E-state index in [2.05, 4.69) is 12.2 Å². The van der Waals surface area contributed by atoms with Gasteiger partial charge in [-0.2, -0.15) is 0 Å². The van der Waals surface area contributed by atoms with Crippen molar-refractivity contribution in [2.45, 2.75) is 32.6 Å². The van der Waals surface area contributed by atoms with E-state index in [1.807, 2.05) is 0 Å². The van der Waals surface area contributed by atoms with Gasteiger partial charge in [0.25, 0.3) is 5.91 Å². The summed E-state index contributed by atoms with van der Waals surface area (Å²) in [7, 11) is 1.35. The van der Waals surface area contributed by atoms with Gasteiger partial charge < -0.3 is 14.8 Å². The van der Waals surface area contributed by atoms with Crippen molar-refractivity contribution in [2.75, 3.05) is 19.0 Å². The molecule has 28 heavy (non-hydrogen) atoms. The van der Waals surface area contributed by atoms with Gasteiger partial charge in [-0.1, -0.05) is 36.5 Å². The van der Waals surface area contributed by atoms with Crippen molar-refractivity contribution in [3.05, 3.63) is 44.2 Å². The maximum atomic E-state index is 12.4. The fourth-order valence-corrected chi connectivity index (χ4v) is 5.14. The highest BCUT2D eigenvalue weighted by Crippen LogP contribution is 2.40. The number of carbonyl (C=O) groups excluding carboxylic acids is 2. The summed E-state index contributed by atoms with van der Waals surface area (Å²) in [5.74, 6) is 0.174. The van der Waals surface area contributed by atoms with E-state index in [-0.39, 0.29) is 12.5 Å². The Kier molecular flexibility index (Phi) is 6.86. The molecule has 1 aliphatic rings. The van der Waals surface area contributed by atoms with Crippen LogP contribution in [-0.4, -0.2) is 25.6 Å². The quantitative estimate of drug-likeness (QED) is 0.611. The summed E-state index contributed by atoms with van der Waals surface area (Å²) in [5.41, 5.74) is 1.47. The standard InChI is InChI=1S/C20H21Cl2NO4S/c1-3-11-4-6-13-16(8-11)28-19(18(13)20(25)26-2)23-17(24)10-27-15-7-5-12(21)9-14(15)22/h5,7,9,11H,3-4,6,8,10H2,1-2H3,(H,23,24). The average Bonchev–Trinajstić information content (AvgIpc) is 3.03. The summed E-state index contributed by atoms with van der Waals surface area (Å²) in [5, 5.41) is 4.13. The number of ether oxygens (including phenoxy) is 2. The SMILES string of the molecule is CCC1CCc2c(sc(NC(=O)COc3ccc(Cl)cc3Cl)c2C(=O)OC)C1. The van der Waals surface area contributed by atoms with Crippen LogP contribution >= 0.6 is 34.5 Å². The number of halogens is 2. The molecule has 1 N–H and O–H groups in total. The maximum absolute atomic E-state index is 12.4. The molecule has 8 heteroatoms. The van der Waals surface area contributed by atoms with Gasteiger partial charge in [0.05, 0.1) is 17.7 Å². The second-order valence-electron chi connectivity index (χ2n) is 6.63. The number of anilines is 1. The third-order valence-corrected chi connectivity index (χ3v) is 6.54. The molecule has 5 nitrogen and oxygen atoms in total. The number of hydrogen-bond donors (Lipinski definition) is 1. The fraction of sp³-hybridized carbons (Fsp3) is 0.400. The Hall–Kier alpha value is -1.76. The number of fused-ring (bicyclic) bond motifs is 1. The van der Waals surface area contributed by atoms with Gasteiger partial charge in [0.1, 0.15) is 10.8 Å². The normalized spacial score (nSPS) is 15.6. The van der Waals surface area contributed by atoms with Crippen LogP contribution in [0, 0.1) is 5.92 Å². The molecule has 150 valence electrons. The largest absolute Gasteiger partial charge is 0.482 e. The van der Waals surface area contributed by atoms with Crippen LogP contribution in [0.15, 0.2) is 18.2 Å². The lowest BCUT2D eigenvalue weighted by atomic mass is 9.86. The van der Waals surface area contributed by atoms with E-state index in [0.717, 1.165) is 36.1 Å². The van der Waals surface area contributed by atoms with Crippen LogP contribution in [0.3, 0.4) is 0 Å². The third-order valence-electron chi connectivity index (χ3n) is 4.84. The summed E-state index contributed by atoms with van der Waals surface area (Å²) >= 11 is 13.4.